The predicted molar refractivity (Wildman–Crippen MR) is 73.8 cm³/mol. The van der Waals surface area contributed by atoms with Crippen LogP contribution in [0.15, 0.2) is 18.2 Å². The number of alkyl halides is 1. The normalized spacial score (nSPS) is 11.6. The lowest BCUT2D eigenvalue weighted by atomic mass is 9.98. The second-order valence-electron chi connectivity index (χ2n) is 4.60. The molecule has 0 aliphatic rings. The summed E-state index contributed by atoms with van der Waals surface area (Å²) in [4.78, 5) is 2.25. The molecule has 0 saturated carbocycles. The minimum atomic E-state index is 0.103. The Hall–Kier alpha value is -0.400. The lowest BCUT2D eigenvalue weighted by Crippen LogP contribution is -2.41. The zero-order chi connectivity index (χ0) is 12.3. The molecular weight excluding hydrogens is 241 g/mol. The number of hydrogen-bond acceptors (Lipinski definition) is 1. The smallest absolute Gasteiger partial charge is 0.0509 e. The third-order valence-electron chi connectivity index (χ3n) is 3.36. The second-order valence-corrected chi connectivity index (χ2v) is 5.27. The van der Waals surface area contributed by atoms with E-state index in [1.54, 1.807) is 0 Å². The SMILES string of the molecule is CCC(C)(C)N(C)c1cccc(Cl)c1CCl. The van der Waals surface area contributed by atoms with Crippen LogP contribution in [-0.4, -0.2) is 12.6 Å². The highest BCUT2D eigenvalue weighted by Gasteiger charge is 2.23. The highest BCUT2D eigenvalue weighted by atomic mass is 35.5. The van der Waals surface area contributed by atoms with Gasteiger partial charge in [-0.3, -0.25) is 0 Å². The molecule has 0 bridgehead atoms. The van der Waals surface area contributed by atoms with Gasteiger partial charge in [0.15, 0.2) is 0 Å². The number of hydrogen-bond donors (Lipinski definition) is 0. The van der Waals surface area contributed by atoms with Gasteiger partial charge >= 0.3 is 0 Å². The maximum atomic E-state index is 6.16. The summed E-state index contributed by atoms with van der Waals surface area (Å²) in [5, 5.41) is 0.742. The van der Waals surface area contributed by atoms with Crippen molar-refractivity contribution in [2.24, 2.45) is 0 Å². The monoisotopic (exact) mass is 259 g/mol. The summed E-state index contributed by atoms with van der Waals surface area (Å²) in [7, 11) is 2.09. The van der Waals surface area contributed by atoms with Gasteiger partial charge in [-0.1, -0.05) is 24.6 Å². The van der Waals surface area contributed by atoms with Crippen LogP contribution < -0.4 is 4.90 Å². The Morgan fingerprint density at radius 3 is 2.44 bits per heavy atom. The highest BCUT2D eigenvalue weighted by molar-refractivity contribution is 6.32. The molecule has 0 amide bonds. The molecule has 1 aromatic rings. The fraction of sp³-hybridized carbons (Fsp3) is 0.538. The summed E-state index contributed by atoms with van der Waals surface area (Å²) in [5.41, 5.74) is 2.23. The molecule has 1 nitrogen and oxygen atoms in total. The van der Waals surface area contributed by atoms with Crippen LogP contribution >= 0.6 is 23.2 Å². The predicted octanol–water partition coefficient (Wildman–Crippen LogP) is 4.70. The minimum Gasteiger partial charge on any atom is -0.369 e. The Kier molecular flexibility index (Phi) is 4.52. The van der Waals surface area contributed by atoms with Crippen molar-refractivity contribution in [1.82, 2.24) is 0 Å². The van der Waals surface area contributed by atoms with E-state index in [2.05, 4.69) is 38.8 Å². The summed E-state index contributed by atoms with van der Waals surface area (Å²) < 4.78 is 0. The summed E-state index contributed by atoms with van der Waals surface area (Å²) >= 11 is 12.1. The van der Waals surface area contributed by atoms with Crippen molar-refractivity contribution in [2.45, 2.75) is 38.6 Å². The molecular formula is C13H19Cl2N. The Bertz CT molecular complexity index is 361. The standard InChI is InChI=1S/C13H19Cl2N/c1-5-13(2,3)16(4)12-8-6-7-11(15)10(12)9-14/h6-8H,5,9H2,1-4H3. The molecule has 0 aliphatic heterocycles. The van der Waals surface area contributed by atoms with Crippen LogP contribution in [-0.2, 0) is 5.88 Å². The maximum absolute atomic E-state index is 6.16. The molecule has 0 spiro atoms. The van der Waals surface area contributed by atoms with Crippen LogP contribution in [0.4, 0.5) is 5.69 Å². The van der Waals surface area contributed by atoms with Crippen molar-refractivity contribution >= 4 is 28.9 Å². The van der Waals surface area contributed by atoms with Crippen molar-refractivity contribution in [1.29, 1.82) is 0 Å². The summed E-state index contributed by atoms with van der Waals surface area (Å²) in [6.07, 6.45) is 1.07. The first-order valence-electron chi connectivity index (χ1n) is 5.51. The lowest BCUT2D eigenvalue weighted by molar-refractivity contribution is 0.470. The molecule has 1 rings (SSSR count). The van der Waals surface area contributed by atoms with Gasteiger partial charge in [-0.15, -0.1) is 11.6 Å². The van der Waals surface area contributed by atoms with E-state index in [0.29, 0.717) is 5.88 Å². The molecule has 0 radical (unpaired) electrons. The van der Waals surface area contributed by atoms with Gasteiger partial charge in [0.1, 0.15) is 0 Å². The first-order valence-corrected chi connectivity index (χ1v) is 6.42. The molecule has 16 heavy (non-hydrogen) atoms. The Morgan fingerprint density at radius 1 is 1.31 bits per heavy atom. The Morgan fingerprint density at radius 2 is 1.94 bits per heavy atom. The number of nitrogens with zero attached hydrogens (tertiary/aromatic N) is 1. The summed E-state index contributed by atoms with van der Waals surface area (Å²) in [5.74, 6) is 0.444. The molecule has 0 fully saturated rings. The van der Waals surface area contributed by atoms with Gasteiger partial charge in [0.05, 0.1) is 5.88 Å². The van der Waals surface area contributed by atoms with E-state index in [-0.39, 0.29) is 5.54 Å². The minimum absolute atomic E-state index is 0.103. The molecule has 0 saturated heterocycles. The quantitative estimate of drug-likeness (QED) is 0.709. The molecule has 0 atom stereocenters. The molecule has 0 unspecified atom stereocenters. The summed E-state index contributed by atoms with van der Waals surface area (Å²) in [6.45, 7) is 6.61. The molecule has 0 N–H and O–H groups in total. The average molecular weight is 260 g/mol. The van der Waals surface area contributed by atoms with Crippen molar-refractivity contribution in [3.05, 3.63) is 28.8 Å². The van der Waals surface area contributed by atoms with E-state index in [9.17, 15) is 0 Å². The van der Waals surface area contributed by atoms with E-state index in [4.69, 9.17) is 23.2 Å². The van der Waals surface area contributed by atoms with Gasteiger partial charge < -0.3 is 4.90 Å². The van der Waals surface area contributed by atoms with Gasteiger partial charge in [-0.2, -0.15) is 0 Å². The highest BCUT2D eigenvalue weighted by Crippen LogP contribution is 2.32. The van der Waals surface area contributed by atoms with Crippen LogP contribution in [0.5, 0.6) is 0 Å². The average Bonchev–Trinajstić information content (AvgIpc) is 2.27. The van der Waals surface area contributed by atoms with Crippen LogP contribution in [0.3, 0.4) is 0 Å². The molecule has 0 aliphatic carbocycles. The molecule has 0 aromatic heterocycles. The third kappa shape index (κ3) is 2.64. The van der Waals surface area contributed by atoms with Crippen molar-refractivity contribution < 1.29 is 0 Å². The van der Waals surface area contributed by atoms with Crippen LogP contribution in [0.25, 0.3) is 0 Å². The van der Waals surface area contributed by atoms with Gasteiger partial charge in [-0.05, 0) is 32.4 Å². The number of rotatable bonds is 4. The zero-order valence-electron chi connectivity index (χ0n) is 10.3. The van der Waals surface area contributed by atoms with Crippen LogP contribution in [0.1, 0.15) is 32.8 Å². The summed E-state index contributed by atoms with van der Waals surface area (Å²) in [6, 6.07) is 5.92. The van der Waals surface area contributed by atoms with Gasteiger partial charge in [-0.25, -0.2) is 0 Å². The third-order valence-corrected chi connectivity index (χ3v) is 3.98. The Balaban J connectivity index is 3.18. The van der Waals surface area contributed by atoms with E-state index < -0.39 is 0 Å². The fourth-order valence-electron chi connectivity index (χ4n) is 1.56. The van der Waals surface area contributed by atoms with E-state index >= 15 is 0 Å². The van der Waals surface area contributed by atoms with Crippen LogP contribution in [0.2, 0.25) is 5.02 Å². The van der Waals surface area contributed by atoms with Crippen molar-refractivity contribution in [3.63, 3.8) is 0 Å². The van der Waals surface area contributed by atoms with Gasteiger partial charge in [0, 0.05) is 28.9 Å². The van der Waals surface area contributed by atoms with Crippen molar-refractivity contribution in [3.8, 4) is 0 Å². The second kappa shape index (κ2) is 5.29. The molecule has 3 heteroatoms. The maximum Gasteiger partial charge on any atom is 0.0509 e. The van der Waals surface area contributed by atoms with E-state index in [0.717, 1.165) is 22.7 Å². The van der Waals surface area contributed by atoms with E-state index in [1.165, 1.54) is 0 Å². The molecule has 0 heterocycles. The van der Waals surface area contributed by atoms with Gasteiger partial charge in [0.25, 0.3) is 0 Å². The largest absolute Gasteiger partial charge is 0.369 e. The molecule has 90 valence electrons. The first kappa shape index (κ1) is 13.7. The number of anilines is 1. The lowest BCUT2D eigenvalue weighted by Gasteiger charge is -2.38. The zero-order valence-corrected chi connectivity index (χ0v) is 11.9. The fourth-order valence-corrected chi connectivity index (χ4v) is 2.14. The number of halogens is 2. The van der Waals surface area contributed by atoms with Gasteiger partial charge in [0.2, 0.25) is 0 Å². The Labute approximate surface area is 108 Å². The molecule has 1 aromatic carbocycles. The van der Waals surface area contributed by atoms with Crippen LogP contribution in [0, 0.1) is 0 Å². The van der Waals surface area contributed by atoms with Crippen molar-refractivity contribution in [2.75, 3.05) is 11.9 Å². The van der Waals surface area contributed by atoms with E-state index in [1.807, 2.05) is 12.1 Å². The first-order chi connectivity index (χ1) is 7.44. The number of benzene rings is 1. The topological polar surface area (TPSA) is 3.24 Å².